The number of aromatic nitrogens is 1. The smallest absolute Gasteiger partial charge is 0.233 e. The summed E-state index contributed by atoms with van der Waals surface area (Å²) in [4.78, 5) is 22.2. The molecule has 1 saturated heterocycles. The van der Waals surface area contributed by atoms with Gasteiger partial charge in [0, 0.05) is 26.2 Å². The number of ether oxygens (including phenoxy) is 1. The summed E-state index contributed by atoms with van der Waals surface area (Å²) in [5.74, 6) is -0.309. The number of nitrogens with zero attached hydrogens (tertiary/aromatic N) is 3. The number of halogens is 1. The van der Waals surface area contributed by atoms with E-state index in [2.05, 4.69) is 30.9 Å². The first-order valence-corrected chi connectivity index (χ1v) is 11.5. The van der Waals surface area contributed by atoms with Crippen LogP contribution < -0.4 is 4.90 Å². The van der Waals surface area contributed by atoms with Crippen molar-refractivity contribution in [1.82, 2.24) is 9.88 Å². The molecule has 0 bridgehead atoms. The fourth-order valence-corrected chi connectivity index (χ4v) is 4.85. The van der Waals surface area contributed by atoms with Crippen molar-refractivity contribution in [2.75, 3.05) is 44.3 Å². The van der Waals surface area contributed by atoms with Crippen molar-refractivity contribution in [2.24, 2.45) is 0 Å². The fourth-order valence-electron chi connectivity index (χ4n) is 3.76. The quantitative estimate of drug-likeness (QED) is 0.547. The van der Waals surface area contributed by atoms with Crippen molar-refractivity contribution in [3.8, 4) is 0 Å². The molecular weight excluding hydrogens is 413 g/mol. The van der Waals surface area contributed by atoms with Crippen molar-refractivity contribution in [3.05, 3.63) is 58.9 Å². The minimum atomic E-state index is -0.296. The number of morpholine rings is 1. The summed E-state index contributed by atoms with van der Waals surface area (Å²) < 4.78 is 19.8. The van der Waals surface area contributed by atoms with Gasteiger partial charge in [0.15, 0.2) is 5.13 Å². The number of benzene rings is 2. The monoisotopic (exact) mass is 441 g/mol. The minimum Gasteiger partial charge on any atom is -0.379 e. The summed E-state index contributed by atoms with van der Waals surface area (Å²) in [6.07, 6.45) is 1.09. The number of carbonyl (C=O) groups is 1. The molecule has 5 nitrogen and oxygen atoms in total. The summed E-state index contributed by atoms with van der Waals surface area (Å²) in [5.41, 5.74) is 4.15. The van der Waals surface area contributed by atoms with Crippen LogP contribution in [0.25, 0.3) is 10.2 Å². The number of fused-ring (bicyclic) bond motifs is 1. The van der Waals surface area contributed by atoms with Crippen LogP contribution >= 0.6 is 11.3 Å². The standard InChI is InChI=1S/C24H28FN3O2S/c1-17-14-21-22(15-18(17)2)31-24(26-21)28(9-3-8-27-10-12-30-13-11-27)23(29)16-19-4-6-20(25)7-5-19/h4-7,14-15H,3,8-13,16H2,1-2H3. The summed E-state index contributed by atoms with van der Waals surface area (Å²) in [6, 6.07) is 10.4. The molecule has 4 rings (SSSR count). The van der Waals surface area contributed by atoms with Gasteiger partial charge in [-0.15, -0.1) is 0 Å². The summed E-state index contributed by atoms with van der Waals surface area (Å²) in [5, 5.41) is 0.731. The molecule has 2 heterocycles. The molecule has 1 aliphatic rings. The molecule has 0 atom stereocenters. The third-order valence-electron chi connectivity index (χ3n) is 5.75. The maximum Gasteiger partial charge on any atom is 0.233 e. The molecule has 3 aromatic rings. The molecule has 0 N–H and O–H groups in total. The molecule has 7 heteroatoms. The number of amides is 1. The average molecular weight is 442 g/mol. The molecule has 0 aliphatic carbocycles. The summed E-state index contributed by atoms with van der Waals surface area (Å²) >= 11 is 1.56. The van der Waals surface area contributed by atoms with Gasteiger partial charge < -0.3 is 4.74 Å². The van der Waals surface area contributed by atoms with Gasteiger partial charge in [-0.05, 0) is 61.2 Å². The van der Waals surface area contributed by atoms with E-state index >= 15 is 0 Å². The van der Waals surface area contributed by atoms with Crippen molar-refractivity contribution >= 4 is 32.6 Å². The highest BCUT2D eigenvalue weighted by atomic mass is 32.1. The molecule has 0 spiro atoms. The summed E-state index contributed by atoms with van der Waals surface area (Å²) in [7, 11) is 0. The van der Waals surface area contributed by atoms with Gasteiger partial charge in [-0.1, -0.05) is 23.5 Å². The second kappa shape index (κ2) is 9.85. The van der Waals surface area contributed by atoms with Crippen molar-refractivity contribution in [1.29, 1.82) is 0 Å². The second-order valence-corrected chi connectivity index (χ2v) is 9.07. The van der Waals surface area contributed by atoms with Crippen LogP contribution in [0.4, 0.5) is 9.52 Å². The lowest BCUT2D eigenvalue weighted by molar-refractivity contribution is -0.118. The molecule has 1 amide bonds. The third-order valence-corrected chi connectivity index (χ3v) is 6.79. The van der Waals surface area contributed by atoms with E-state index < -0.39 is 0 Å². The first-order chi connectivity index (χ1) is 15.0. The molecule has 0 unspecified atom stereocenters. The first kappa shape index (κ1) is 21.9. The van der Waals surface area contributed by atoms with E-state index in [-0.39, 0.29) is 18.1 Å². The van der Waals surface area contributed by atoms with E-state index in [9.17, 15) is 9.18 Å². The van der Waals surface area contributed by atoms with Crippen LogP contribution in [0.1, 0.15) is 23.1 Å². The molecule has 164 valence electrons. The zero-order chi connectivity index (χ0) is 21.8. The Hall–Kier alpha value is -2.35. The summed E-state index contributed by atoms with van der Waals surface area (Å²) in [6.45, 7) is 9.10. The van der Waals surface area contributed by atoms with Crippen molar-refractivity contribution in [2.45, 2.75) is 26.7 Å². The van der Waals surface area contributed by atoms with Gasteiger partial charge in [-0.2, -0.15) is 0 Å². The highest BCUT2D eigenvalue weighted by Crippen LogP contribution is 2.31. The van der Waals surface area contributed by atoms with Crippen LogP contribution in [0, 0.1) is 19.7 Å². The van der Waals surface area contributed by atoms with Crippen molar-refractivity contribution in [3.63, 3.8) is 0 Å². The van der Waals surface area contributed by atoms with E-state index in [4.69, 9.17) is 9.72 Å². The minimum absolute atomic E-state index is 0.0129. The predicted molar refractivity (Wildman–Crippen MR) is 123 cm³/mol. The number of thiazole rings is 1. The number of hydrogen-bond donors (Lipinski definition) is 0. The van der Waals surface area contributed by atoms with Gasteiger partial charge in [0.2, 0.25) is 5.91 Å². The molecule has 1 aliphatic heterocycles. The Morgan fingerprint density at radius 1 is 1.16 bits per heavy atom. The van der Waals surface area contributed by atoms with E-state index in [1.807, 2.05) is 0 Å². The van der Waals surface area contributed by atoms with Crippen molar-refractivity contribution < 1.29 is 13.9 Å². The lowest BCUT2D eigenvalue weighted by atomic mass is 10.1. The van der Waals surface area contributed by atoms with Crippen LogP contribution in [-0.4, -0.2) is 55.2 Å². The molecule has 1 fully saturated rings. The van der Waals surface area contributed by atoms with Crippen LogP contribution in [0.15, 0.2) is 36.4 Å². The molecule has 0 saturated carbocycles. The van der Waals surface area contributed by atoms with Crippen LogP contribution in [0.5, 0.6) is 0 Å². The van der Waals surface area contributed by atoms with Gasteiger partial charge in [-0.3, -0.25) is 14.6 Å². The Bertz CT molecular complexity index is 1010. The second-order valence-electron chi connectivity index (χ2n) is 8.06. The van der Waals surface area contributed by atoms with Gasteiger partial charge in [-0.25, -0.2) is 9.37 Å². The SMILES string of the molecule is Cc1cc2nc(N(CCCN3CCOCC3)C(=O)Cc3ccc(F)cc3)sc2cc1C. The number of anilines is 1. The Labute approximate surface area is 186 Å². The van der Waals surface area contributed by atoms with E-state index in [1.54, 1.807) is 28.4 Å². The highest BCUT2D eigenvalue weighted by molar-refractivity contribution is 7.22. The van der Waals surface area contributed by atoms with Crippen LogP contribution in [0.2, 0.25) is 0 Å². The molecule has 0 radical (unpaired) electrons. The number of carbonyl (C=O) groups excluding carboxylic acids is 1. The maximum atomic E-state index is 13.3. The topological polar surface area (TPSA) is 45.7 Å². The molecule has 2 aromatic carbocycles. The normalized spacial score (nSPS) is 14.8. The molecule has 31 heavy (non-hydrogen) atoms. The maximum absolute atomic E-state index is 13.3. The number of rotatable bonds is 7. The van der Waals surface area contributed by atoms with Crippen LogP contribution in [-0.2, 0) is 16.0 Å². The first-order valence-electron chi connectivity index (χ1n) is 10.7. The van der Waals surface area contributed by atoms with Gasteiger partial charge >= 0.3 is 0 Å². The lowest BCUT2D eigenvalue weighted by Gasteiger charge is -2.27. The predicted octanol–water partition coefficient (Wildman–Crippen LogP) is 4.35. The average Bonchev–Trinajstić information content (AvgIpc) is 3.16. The number of aryl methyl sites for hydroxylation is 2. The largest absolute Gasteiger partial charge is 0.379 e. The number of hydrogen-bond acceptors (Lipinski definition) is 5. The third kappa shape index (κ3) is 5.47. The molecule has 1 aromatic heterocycles. The Balaban J connectivity index is 1.53. The Morgan fingerprint density at radius 2 is 1.87 bits per heavy atom. The zero-order valence-corrected chi connectivity index (χ0v) is 18.9. The van der Waals surface area contributed by atoms with E-state index in [0.717, 1.165) is 60.2 Å². The van der Waals surface area contributed by atoms with E-state index in [1.165, 1.54) is 23.3 Å². The van der Waals surface area contributed by atoms with Gasteiger partial charge in [0.25, 0.3) is 0 Å². The van der Waals surface area contributed by atoms with E-state index in [0.29, 0.717) is 6.54 Å². The Kier molecular flexibility index (Phi) is 6.95. The fraction of sp³-hybridized carbons (Fsp3) is 0.417. The lowest BCUT2D eigenvalue weighted by Crippen LogP contribution is -2.39. The molecular formula is C24H28FN3O2S. The van der Waals surface area contributed by atoms with Gasteiger partial charge in [0.05, 0.1) is 29.9 Å². The highest BCUT2D eigenvalue weighted by Gasteiger charge is 2.21. The van der Waals surface area contributed by atoms with Crippen LogP contribution in [0.3, 0.4) is 0 Å². The van der Waals surface area contributed by atoms with Gasteiger partial charge in [0.1, 0.15) is 5.82 Å². The Morgan fingerprint density at radius 3 is 2.61 bits per heavy atom. The zero-order valence-electron chi connectivity index (χ0n) is 18.1.